The molecule has 0 radical (unpaired) electrons. The standard InChI is InChI=1S/C63H39N5O/c1-3-17-40(18-4-1)44-37-38-57(67-54-29-11-7-21-45(54)46-22-8-12-30-55(46)67)53(39-44)41-33-35-43(36-34-41)62-64-61(42-19-5-2-6-20-42)65-63(66-62)68-56-31-13-9-23-47(56)49-25-15-26-50(59(49)68)52-28-16-27-51-48-24-10-14-32-58(48)69-60(51)52/h1-39H. The average Bonchev–Trinajstić information content (AvgIpc) is 4.09. The molecule has 0 saturated heterocycles. The molecule has 6 nitrogen and oxygen atoms in total. The van der Waals surface area contributed by atoms with Gasteiger partial charge in [0.1, 0.15) is 11.2 Å². The summed E-state index contributed by atoms with van der Waals surface area (Å²) in [6, 6.07) is 83.3. The maximum absolute atomic E-state index is 6.65. The monoisotopic (exact) mass is 881 g/mol. The Morgan fingerprint density at radius 2 is 0.797 bits per heavy atom. The Labute approximate surface area is 396 Å². The van der Waals surface area contributed by atoms with Gasteiger partial charge in [0.15, 0.2) is 11.6 Å². The minimum atomic E-state index is 0.530. The van der Waals surface area contributed by atoms with Gasteiger partial charge in [-0.3, -0.25) is 4.57 Å². The average molecular weight is 882 g/mol. The van der Waals surface area contributed by atoms with Crippen LogP contribution in [0.3, 0.4) is 0 Å². The summed E-state index contributed by atoms with van der Waals surface area (Å²) >= 11 is 0. The van der Waals surface area contributed by atoms with Gasteiger partial charge in [0.05, 0.1) is 27.8 Å². The quantitative estimate of drug-likeness (QED) is 0.160. The smallest absolute Gasteiger partial charge is 0.238 e. The maximum atomic E-state index is 6.65. The van der Waals surface area contributed by atoms with Crippen LogP contribution in [0.2, 0.25) is 0 Å². The number of aromatic nitrogens is 5. The minimum Gasteiger partial charge on any atom is -0.455 e. The fraction of sp³-hybridized carbons (Fsp3) is 0. The van der Waals surface area contributed by atoms with Crippen molar-refractivity contribution in [1.29, 1.82) is 0 Å². The summed E-state index contributed by atoms with van der Waals surface area (Å²) in [5, 5.41) is 6.83. The number of para-hydroxylation sites is 6. The van der Waals surface area contributed by atoms with Crippen LogP contribution in [0.4, 0.5) is 0 Å². The van der Waals surface area contributed by atoms with Crippen LogP contribution >= 0.6 is 0 Å². The van der Waals surface area contributed by atoms with Crippen molar-refractivity contribution >= 4 is 65.6 Å². The molecule has 6 heteroatoms. The normalized spacial score (nSPS) is 11.8. The number of furan rings is 1. The van der Waals surface area contributed by atoms with Crippen molar-refractivity contribution in [1.82, 2.24) is 24.1 Å². The van der Waals surface area contributed by atoms with Gasteiger partial charge in [-0.15, -0.1) is 0 Å². The molecule has 0 N–H and O–H groups in total. The zero-order valence-electron chi connectivity index (χ0n) is 37.2. The Bertz CT molecular complexity index is 4250. The Kier molecular flexibility index (Phi) is 8.79. The molecule has 0 spiro atoms. The van der Waals surface area contributed by atoms with Crippen LogP contribution in [0.5, 0.6) is 0 Å². The lowest BCUT2D eigenvalue weighted by Gasteiger charge is -2.16. The number of nitrogens with zero attached hydrogens (tertiary/aromatic N) is 5. The maximum Gasteiger partial charge on any atom is 0.238 e. The van der Waals surface area contributed by atoms with Crippen LogP contribution in [0.15, 0.2) is 241 Å². The van der Waals surface area contributed by atoms with Gasteiger partial charge < -0.3 is 8.98 Å². The predicted molar refractivity (Wildman–Crippen MR) is 283 cm³/mol. The van der Waals surface area contributed by atoms with Crippen LogP contribution in [-0.2, 0) is 0 Å². The van der Waals surface area contributed by atoms with Gasteiger partial charge in [-0.25, -0.2) is 4.98 Å². The number of rotatable bonds is 7. The Morgan fingerprint density at radius 3 is 1.48 bits per heavy atom. The third-order valence-electron chi connectivity index (χ3n) is 13.6. The lowest BCUT2D eigenvalue weighted by Crippen LogP contribution is -2.07. The molecule has 0 saturated carbocycles. The highest BCUT2D eigenvalue weighted by Gasteiger charge is 2.23. The molecule has 4 aromatic heterocycles. The predicted octanol–water partition coefficient (Wildman–Crippen LogP) is 16.3. The Balaban J connectivity index is 0.970. The first kappa shape index (κ1) is 38.8. The van der Waals surface area contributed by atoms with E-state index in [0.717, 1.165) is 105 Å². The molecule has 0 aliphatic carbocycles. The molecular formula is C63H39N5O. The van der Waals surface area contributed by atoms with Gasteiger partial charge in [0.25, 0.3) is 0 Å². The second kappa shape index (κ2) is 15.6. The van der Waals surface area contributed by atoms with Crippen molar-refractivity contribution in [3.05, 3.63) is 237 Å². The first-order chi connectivity index (χ1) is 34.2. The molecule has 4 heterocycles. The van der Waals surface area contributed by atoms with E-state index in [1.807, 2.05) is 30.3 Å². The molecular weight excluding hydrogens is 843 g/mol. The van der Waals surface area contributed by atoms with Gasteiger partial charge >= 0.3 is 0 Å². The molecule has 0 bridgehead atoms. The van der Waals surface area contributed by atoms with Crippen LogP contribution in [-0.4, -0.2) is 24.1 Å². The van der Waals surface area contributed by atoms with Crippen molar-refractivity contribution in [2.45, 2.75) is 0 Å². The van der Waals surface area contributed by atoms with E-state index in [-0.39, 0.29) is 0 Å². The fourth-order valence-electron chi connectivity index (χ4n) is 10.5. The molecule has 0 atom stereocenters. The fourth-order valence-corrected chi connectivity index (χ4v) is 10.5. The van der Waals surface area contributed by atoms with E-state index in [4.69, 9.17) is 19.4 Å². The van der Waals surface area contributed by atoms with Gasteiger partial charge in [-0.1, -0.05) is 200 Å². The summed E-state index contributed by atoms with van der Waals surface area (Å²) in [6.07, 6.45) is 0. The van der Waals surface area contributed by atoms with Gasteiger partial charge in [-0.05, 0) is 53.1 Å². The molecule has 10 aromatic carbocycles. The first-order valence-electron chi connectivity index (χ1n) is 23.3. The molecule has 322 valence electrons. The number of hydrogen-bond donors (Lipinski definition) is 0. The Hall–Kier alpha value is -9.39. The Morgan fingerprint density at radius 1 is 0.304 bits per heavy atom. The zero-order valence-corrected chi connectivity index (χ0v) is 37.2. The second-order valence-corrected chi connectivity index (χ2v) is 17.5. The summed E-state index contributed by atoms with van der Waals surface area (Å²) in [7, 11) is 0. The topological polar surface area (TPSA) is 61.7 Å². The highest BCUT2D eigenvalue weighted by Crippen LogP contribution is 2.43. The third-order valence-corrected chi connectivity index (χ3v) is 13.6. The van der Waals surface area contributed by atoms with Crippen molar-refractivity contribution in [2.75, 3.05) is 0 Å². The SMILES string of the molecule is c1ccc(-c2ccc(-n3c4ccccc4c4ccccc43)c(-c3ccc(-c4nc(-c5ccccc5)nc(-n5c6ccccc6c6cccc(-c7cccc8c7oc7ccccc78)c65)n4)cc3)c2)cc1. The van der Waals surface area contributed by atoms with Crippen molar-refractivity contribution in [3.63, 3.8) is 0 Å². The summed E-state index contributed by atoms with van der Waals surface area (Å²) < 4.78 is 11.3. The summed E-state index contributed by atoms with van der Waals surface area (Å²) in [5.41, 5.74) is 15.5. The van der Waals surface area contributed by atoms with E-state index < -0.39 is 0 Å². The number of hydrogen-bond acceptors (Lipinski definition) is 4. The lowest BCUT2D eigenvalue weighted by atomic mass is 9.96. The van der Waals surface area contributed by atoms with E-state index >= 15 is 0 Å². The zero-order chi connectivity index (χ0) is 45.4. The van der Waals surface area contributed by atoms with Crippen molar-refractivity contribution < 1.29 is 4.42 Å². The van der Waals surface area contributed by atoms with Gasteiger partial charge in [0.2, 0.25) is 5.95 Å². The lowest BCUT2D eigenvalue weighted by molar-refractivity contribution is 0.670. The van der Waals surface area contributed by atoms with Crippen molar-refractivity contribution in [2.24, 2.45) is 0 Å². The van der Waals surface area contributed by atoms with Crippen LogP contribution in [0, 0.1) is 0 Å². The molecule has 0 fully saturated rings. The van der Waals surface area contributed by atoms with Crippen molar-refractivity contribution in [3.8, 4) is 67.8 Å². The van der Waals surface area contributed by atoms with E-state index in [1.165, 1.54) is 10.8 Å². The molecule has 14 aromatic rings. The summed E-state index contributed by atoms with van der Waals surface area (Å²) in [4.78, 5) is 15.9. The molecule has 0 aliphatic rings. The van der Waals surface area contributed by atoms with E-state index in [0.29, 0.717) is 17.6 Å². The molecule has 14 rings (SSSR count). The number of fused-ring (bicyclic) bond motifs is 9. The molecule has 0 aliphatic heterocycles. The third kappa shape index (κ3) is 6.23. The van der Waals surface area contributed by atoms with Crippen LogP contribution in [0.1, 0.15) is 0 Å². The number of benzene rings is 10. The van der Waals surface area contributed by atoms with Gasteiger partial charge in [0, 0.05) is 60.1 Å². The molecule has 0 amide bonds. The van der Waals surface area contributed by atoms with E-state index in [1.54, 1.807) is 0 Å². The van der Waals surface area contributed by atoms with E-state index in [2.05, 4.69) is 215 Å². The second-order valence-electron chi connectivity index (χ2n) is 17.5. The highest BCUT2D eigenvalue weighted by atomic mass is 16.3. The van der Waals surface area contributed by atoms with Crippen LogP contribution < -0.4 is 0 Å². The van der Waals surface area contributed by atoms with Crippen LogP contribution in [0.25, 0.3) is 133 Å². The largest absolute Gasteiger partial charge is 0.455 e. The summed E-state index contributed by atoms with van der Waals surface area (Å²) in [5.74, 6) is 1.70. The van der Waals surface area contributed by atoms with E-state index in [9.17, 15) is 0 Å². The summed E-state index contributed by atoms with van der Waals surface area (Å²) in [6.45, 7) is 0. The minimum absolute atomic E-state index is 0.530. The highest BCUT2D eigenvalue weighted by molar-refractivity contribution is 6.17. The van der Waals surface area contributed by atoms with Gasteiger partial charge in [-0.2, -0.15) is 9.97 Å². The first-order valence-corrected chi connectivity index (χ1v) is 23.3. The molecule has 0 unspecified atom stereocenters. The molecule has 69 heavy (non-hydrogen) atoms.